The van der Waals surface area contributed by atoms with Gasteiger partial charge in [0.25, 0.3) is 11.8 Å². The monoisotopic (exact) mass is 670 g/mol. The van der Waals surface area contributed by atoms with Gasteiger partial charge >= 0.3 is 0 Å². The van der Waals surface area contributed by atoms with Crippen LogP contribution in [0.1, 0.15) is 103 Å². The molecule has 4 aromatic rings. The second-order valence-corrected chi connectivity index (χ2v) is 13.6. The first-order valence-electron chi connectivity index (χ1n) is 17.7. The summed E-state index contributed by atoms with van der Waals surface area (Å²) >= 11 is 0. The van der Waals surface area contributed by atoms with Crippen molar-refractivity contribution in [2.45, 2.75) is 69.6 Å². The number of rotatable bonds is 6. The van der Waals surface area contributed by atoms with Gasteiger partial charge in [0.15, 0.2) is 0 Å². The van der Waals surface area contributed by atoms with E-state index < -0.39 is 0 Å². The van der Waals surface area contributed by atoms with E-state index in [9.17, 15) is 14.0 Å². The van der Waals surface area contributed by atoms with Crippen LogP contribution in [0.15, 0.2) is 78.9 Å². The smallest absolute Gasteiger partial charge is 0.256 e. The maximum Gasteiger partial charge on any atom is 0.256 e. The first-order valence-corrected chi connectivity index (χ1v) is 17.7. The van der Waals surface area contributed by atoms with E-state index >= 15 is 0 Å². The Balaban J connectivity index is 0.000000157. The van der Waals surface area contributed by atoms with E-state index in [1.165, 1.54) is 81.0 Å². The Morgan fingerprint density at radius 3 is 1.66 bits per heavy atom. The highest BCUT2D eigenvalue weighted by molar-refractivity contribution is 6.35. The molecular weight excluding hydrogens is 627 g/mol. The molecule has 50 heavy (non-hydrogen) atoms. The number of hydrogen-bond acceptors (Lipinski definition) is 4. The van der Waals surface area contributed by atoms with E-state index in [4.69, 9.17) is 9.47 Å². The number of halogens is 1. The molecule has 0 spiro atoms. The molecule has 2 saturated carbocycles. The Kier molecular flexibility index (Phi) is 9.83. The summed E-state index contributed by atoms with van der Waals surface area (Å²) in [7, 11) is 3.43. The van der Waals surface area contributed by atoms with Gasteiger partial charge < -0.3 is 20.1 Å². The van der Waals surface area contributed by atoms with Crippen LogP contribution >= 0.6 is 0 Å². The molecule has 4 aromatic carbocycles. The summed E-state index contributed by atoms with van der Waals surface area (Å²) in [4.78, 5) is 24.6. The Morgan fingerprint density at radius 2 is 1.10 bits per heavy atom. The number of nitrogens with one attached hydrogen (secondary N) is 2. The lowest BCUT2D eigenvalue weighted by atomic mass is 9.83. The van der Waals surface area contributed by atoms with Crippen molar-refractivity contribution in [3.63, 3.8) is 0 Å². The van der Waals surface area contributed by atoms with Crippen molar-refractivity contribution in [3.05, 3.63) is 118 Å². The highest BCUT2D eigenvalue weighted by Crippen LogP contribution is 2.41. The second-order valence-electron chi connectivity index (χ2n) is 13.6. The summed E-state index contributed by atoms with van der Waals surface area (Å²) in [5.41, 5.74) is 8.84. The summed E-state index contributed by atoms with van der Waals surface area (Å²) in [5.74, 6) is 2.36. The minimum absolute atomic E-state index is 0.0313. The van der Waals surface area contributed by atoms with Gasteiger partial charge in [-0.3, -0.25) is 9.59 Å². The molecule has 8 rings (SSSR count). The van der Waals surface area contributed by atoms with Gasteiger partial charge in [0, 0.05) is 33.6 Å². The fourth-order valence-electron chi connectivity index (χ4n) is 7.89. The molecule has 4 aliphatic rings. The second kappa shape index (κ2) is 14.8. The standard InChI is InChI=1S/C22H23NO2.C21H20FNO2/c1-25-21-12-11-15(13-18(21)16-7-3-2-4-8-16)14-19-17-9-5-6-10-20(17)23-22(19)24;1-25-20-9-6-13(10-16(20)14-4-2-3-5-14)11-18-17-12-15(22)7-8-19(17)23-21(18)24/h5-6,9-14,16H,2-4,7-8H2,1H3,(H,23,24);6-12,14H,2-5H2,1H3,(H,23,24). The third-order valence-electron chi connectivity index (χ3n) is 10.4. The van der Waals surface area contributed by atoms with Gasteiger partial charge in [-0.1, -0.05) is 62.4 Å². The SMILES string of the molecule is COc1ccc(C=C2C(=O)Nc3ccc(F)cc32)cc1C1CCCC1.COc1ccc(C=C2C(=O)Nc3ccccc32)cc1C1CCCCC1. The summed E-state index contributed by atoms with van der Waals surface area (Å²) in [6.07, 6.45) is 15.0. The lowest BCUT2D eigenvalue weighted by molar-refractivity contribution is -0.111. The third-order valence-corrected chi connectivity index (χ3v) is 10.4. The van der Waals surface area contributed by atoms with Gasteiger partial charge in [-0.2, -0.15) is 0 Å². The Labute approximate surface area is 293 Å². The van der Waals surface area contributed by atoms with Crippen LogP contribution in [0.5, 0.6) is 11.5 Å². The number of fused-ring (bicyclic) bond motifs is 2. The van der Waals surface area contributed by atoms with Gasteiger partial charge in [0.2, 0.25) is 0 Å². The van der Waals surface area contributed by atoms with Crippen molar-refractivity contribution in [1.29, 1.82) is 0 Å². The molecule has 2 aliphatic heterocycles. The van der Waals surface area contributed by atoms with Crippen LogP contribution in [-0.2, 0) is 9.59 Å². The van der Waals surface area contributed by atoms with E-state index in [0.29, 0.717) is 28.7 Å². The maximum atomic E-state index is 13.6. The van der Waals surface area contributed by atoms with E-state index in [0.717, 1.165) is 39.4 Å². The molecule has 256 valence electrons. The minimum Gasteiger partial charge on any atom is -0.496 e. The number of anilines is 2. The van der Waals surface area contributed by atoms with Crippen LogP contribution in [-0.4, -0.2) is 26.0 Å². The van der Waals surface area contributed by atoms with Crippen molar-refractivity contribution in [2.24, 2.45) is 0 Å². The molecule has 0 atom stereocenters. The highest BCUT2D eigenvalue weighted by Gasteiger charge is 2.26. The zero-order valence-electron chi connectivity index (χ0n) is 28.7. The van der Waals surface area contributed by atoms with Crippen molar-refractivity contribution < 1.29 is 23.5 Å². The van der Waals surface area contributed by atoms with Crippen molar-refractivity contribution in [3.8, 4) is 11.5 Å². The van der Waals surface area contributed by atoms with Crippen LogP contribution in [0.4, 0.5) is 15.8 Å². The highest BCUT2D eigenvalue weighted by atomic mass is 19.1. The topological polar surface area (TPSA) is 76.7 Å². The first kappa shape index (κ1) is 33.3. The molecule has 2 fully saturated rings. The molecule has 2 heterocycles. The number of methoxy groups -OCH3 is 2. The van der Waals surface area contributed by atoms with Gasteiger partial charge in [-0.15, -0.1) is 0 Å². The number of hydrogen-bond donors (Lipinski definition) is 2. The predicted octanol–water partition coefficient (Wildman–Crippen LogP) is 10.2. The first-order chi connectivity index (χ1) is 24.4. The molecular formula is C43H43FN2O4. The third kappa shape index (κ3) is 6.95. The van der Waals surface area contributed by atoms with Crippen LogP contribution in [0.3, 0.4) is 0 Å². The normalized spacial score (nSPS) is 18.7. The molecule has 7 heteroatoms. The van der Waals surface area contributed by atoms with E-state index in [1.807, 2.05) is 60.7 Å². The summed E-state index contributed by atoms with van der Waals surface area (Å²) in [6.45, 7) is 0. The number of carbonyl (C=O) groups excluding carboxylic acids is 2. The van der Waals surface area contributed by atoms with Crippen LogP contribution in [0.2, 0.25) is 0 Å². The molecule has 6 nitrogen and oxygen atoms in total. The van der Waals surface area contributed by atoms with Crippen molar-refractivity contribution in [2.75, 3.05) is 24.9 Å². The van der Waals surface area contributed by atoms with Gasteiger partial charge in [0.05, 0.1) is 14.2 Å². The molecule has 0 aromatic heterocycles. The molecule has 2 amide bonds. The molecule has 0 unspecified atom stereocenters. The Bertz CT molecular complexity index is 1980. The van der Waals surface area contributed by atoms with E-state index in [-0.39, 0.29) is 17.6 Å². The zero-order chi connectivity index (χ0) is 34.6. The van der Waals surface area contributed by atoms with E-state index in [2.05, 4.69) is 22.8 Å². The van der Waals surface area contributed by atoms with Gasteiger partial charge in [0.1, 0.15) is 17.3 Å². The predicted molar refractivity (Wildman–Crippen MR) is 199 cm³/mol. The lowest BCUT2D eigenvalue weighted by Gasteiger charge is -2.24. The van der Waals surface area contributed by atoms with Crippen molar-refractivity contribution >= 4 is 46.5 Å². The fourth-order valence-corrected chi connectivity index (χ4v) is 7.89. The zero-order valence-corrected chi connectivity index (χ0v) is 28.7. The number of ether oxygens (including phenoxy) is 2. The van der Waals surface area contributed by atoms with E-state index in [1.54, 1.807) is 20.3 Å². The van der Waals surface area contributed by atoms with Crippen LogP contribution < -0.4 is 20.1 Å². The van der Waals surface area contributed by atoms with Gasteiger partial charge in [-0.25, -0.2) is 4.39 Å². The molecule has 2 N–H and O–H groups in total. The van der Waals surface area contributed by atoms with Gasteiger partial charge in [-0.05, 0) is 120 Å². The minimum atomic E-state index is -0.345. The molecule has 0 radical (unpaired) electrons. The summed E-state index contributed by atoms with van der Waals surface area (Å²) < 4.78 is 24.7. The maximum absolute atomic E-state index is 13.6. The molecule has 0 bridgehead atoms. The number of benzene rings is 4. The Hall–Kier alpha value is -5.17. The summed E-state index contributed by atoms with van der Waals surface area (Å²) in [5, 5.41) is 5.72. The number of para-hydroxylation sites is 1. The van der Waals surface area contributed by atoms with Crippen LogP contribution in [0.25, 0.3) is 23.3 Å². The molecule has 2 aliphatic carbocycles. The van der Waals surface area contributed by atoms with Crippen LogP contribution in [0, 0.1) is 5.82 Å². The van der Waals surface area contributed by atoms with Crippen molar-refractivity contribution in [1.82, 2.24) is 0 Å². The number of carbonyl (C=O) groups is 2. The number of amides is 2. The lowest BCUT2D eigenvalue weighted by Crippen LogP contribution is -2.07. The fraction of sp³-hybridized carbons (Fsp3) is 0.302. The summed E-state index contributed by atoms with van der Waals surface area (Å²) in [6, 6.07) is 24.5. The largest absolute Gasteiger partial charge is 0.496 e. The Morgan fingerprint density at radius 1 is 0.600 bits per heavy atom. The molecule has 0 saturated heterocycles. The quantitative estimate of drug-likeness (QED) is 0.200. The average molecular weight is 671 g/mol. The average Bonchev–Trinajstić information content (AvgIpc) is 3.87.